The number of aryl methyl sites for hydroxylation is 1. The zero-order valence-electron chi connectivity index (χ0n) is 9.40. The van der Waals surface area contributed by atoms with E-state index in [2.05, 4.69) is 44.2 Å². The zero-order chi connectivity index (χ0) is 11.7. The fourth-order valence-corrected chi connectivity index (χ4v) is 2.41. The number of nitrogens with one attached hydrogen (secondary N) is 2. The molecule has 0 spiro atoms. The van der Waals surface area contributed by atoms with Crippen LogP contribution < -0.4 is 5.32 Å². The summed E-state index contributed by atoms with van der Waals surface area (Å²) < 4.78 is 4.26. The Morgan fingerprint density at radius 1 is 1.35 bits per heavy atom. The van der Waals surface area contributed by atoms with Crippen molar-refractivity contribution >= 4 is 28.1 Å². The Morgan fingerprint density at radius 3 is 3.12 bits per heavy atom. The lowest BCUT2D eigenvalue weighted by Crippen LogP contribution is -1.96. The Hall–Kier alpha value is -1.88. The van der Waals surface area contributed by atoms with Gasteiger partial charge in [0.1, 0.15) is 0 Å². The van der Waals surface area contributed by atoms with Crippen LogP contribution >= 0.6 is 11.5 Å². The molecule has 0 saturated heterocycles. The first-order valence-corrected chi connectivity index (χ1v) is 6.18. The van der Waals surface area contributed by atoms with Crippen LogP contribution in [0.1, 0.15) is 10.6 Å². The summed E-state index contributed by atoms with van der Waals surface area (Å²) >= 11 is 1.54. The van der Waals surface area contributed by atoms with Gasteiger partial charge in [0.05, 0.1) is 24.0 Å². The predicted octanol–water partition coefficient (Wildman–Crippen LogP) is 2.94. The molecule has 0 aliphatic rings. The Kier molecular flexibility index (Phi) is 2.53. The van der Waals surface area contributed by atoms with Crippen LogP contribution in [0.2, 0.25) is 0 Å². The molecule has 0 bridgehead atoms. The van der Waals surface area contributed by atoms with E-state index in [1.54, 1.807) is 11.5 Å². The van der Waals surface area contributed by atoms with E-state index in [9.17, 15) is 0 Å². The van der Waals surface area contributed by atoms with Gasteiger partial charge in [-0.3, -0.25) is 5.10 Å². The van der Waals surface area contributed by atoms with Crippen LogP contribution in [0.5, 0.6) is 0 Å². The summed E-state index contributed by atoms with van der Waals surface area (Å²) in [4.78, 5) is 1.24. The van der Waals surface area contributed by atoms with Crippen molar-refractivity contribution in [3.05, 3.63) is 41.0 Å². The second kappa shape index (κ2) is 4.18. The first-order chi connectivity index (χ1) is 8.31. The molecule has 2 aromatic heterocycles. The zero-order valence-corrected chi connectivity index (χ0v) is 10.2. The van der Waals surface area contributed by atoms with Gasteiger partial charge in [0.15, 0.2) is 0 Å². The molecule has 17 heavy (non-hydrogen) atoms. The fraction of sp³-hybridized carbons (Fsp3) is 0.167. The van der Waals surface area contributed by atoms with Crippen LogP contribution in [0.25, 0.3) is 10.9 Å². The molecule has 0 saturated carbocycles. The molecule has 3 aromatic rings. The van der Waals surface area contributed by atoms with Gasteiger partial charge < -0.3 is 5.32 Å². The van der Waals surface area contributed by atoms with Crippen LogP contribution in [0.15, 0.2) is 30.5 Å². The number of benzene rings is 1. The van der Waals surface area contributed by atoms with E-state index in [-0.39, 0.29) is 0 Å². The van der Waals surface area contributed by atoms with Gasteiger partial charge in [0.2, 0.25) is 0 Å². The summed E-state index contributed by atoms with van der Waals surface area (Å²) in [5.74, 6) is 0. The Balaban J connectivity index is 1.76. The summed E-state index contributed by atoms with van der Waals surface area (Å²) in [5.41, 5.74) is 3.22. The van der Waals surface area contributed by atoms with E-state index in [1.165, 1.54) is 4.88 Å². The van der Waals surface area contributed by atoms with Crippen LogP contribution in [0.3, 0.4) is 0 Å². The van der Waals surface area contributed by atoms with Crippen molar-refractivity contribution in [2.24, 2.45) is 0 Å². The van der Waals surface area contributed by atoms with Gasteiger partial charge in [0.25, 0.3) is 0 Å². The smallest absolute Gasteiger partial charge is 0.0670 e. The molecule has 0 fully saturated rings. The highest BCUT2D eigenvalue weighted by molar-refractivity contribution is 7.05. The maximum atomic E-state index is 4.26. The van der Waals surface area contributed by atoms with E-state index in [0.717, 1.165) is 28.8 Å². The minimum absolute atomic E-state index is 0.811. The standard InChI is InChI=1S/C12H12N4S/c1-8-4-11(17-16-8)7-13-10-3-2-9-6-14-15-12(9)5-10/h2-6,13H,7H2,1H3,(H,14,15). The van der Waals surface area contributed by atoms with Crippen LogP contribution in [-0.4, -0.2) is 14.6 Å². The lowest BCUT2D eigenvalue weighted by molar-refractivity contribution is 1.12. The molecular weight excluding hydrogens is 232 g/mol. The number of anilines is 1. The van der Waals surface area contributed by atoms with Crippen LogP contribution in [0.4, 0.5) is 5.69 Å². The lowest BCUT2D eigenvalue weighted by atomic mass is 10.2. The molecule has 0 unspecified atom stereocenters. The maximum Gasteiger partial charge on any atom is 0.0670 e. The van der Waals surface area contributed by atoms with Gasteiger partial charge in [-0.15, -0.1) is 0 Å². The van der Waals surface area contributed by atoms with Crippen LogP contribution in [0, 0.1) is 6.92 Å². The Morgan fingerprint density at radius 2 is 2.29 bits per heavy atom. The lowest BCUT2D eigenvalue weighted by Gasteiger charge is -2.03. The first kappa shape index (κ1) is 10.3. The van der Waals surface area contributed by atoms with Crippen molar-refractivity contribution in [2.45, 2.75) is 13.5 Å². The van der Waals surface area contributed by atoms with Gasteiger partial charge in [-0.1, -0.05) is 0 Å². The number of hydrogen-bond acceptors (Lipinski definition) is 4. The second-order valence-electron chi connectivity index (χ2n) is 3.96. The van der Waals surface area contributed by atoms with Gasteiger partial charge >= 0.3 is 0 Å². The molecule has 2 heterocycles. The minimum atomic E-state index is 0.811. The average molecular weight is 244 g/mol. The Labute approximate surface area is 103 Å². The quantitative estimate of drug-likeness (QED) is 0.744. The molecule has 86 valence electrons. The second-order valence-corrected chi connectivity index (χ2v) is 4.85. The summed E-state index contributed by atoms with van der Waals surface area (Å²) in [6.07, 6.45) is 1.83. The van der Waals surface area contributed by atoms with Gasteiger partial charge in [-0.25, -0.2) is 0 Å². The highest BCUT2D eigenvalue weighted by atomic mass is 32.1. The van der Waals surface area contributed by atoms with Gasteiger partial charge in [0, 0.05) is 16.0 Å². The molecule has 3 rings (SSSR count). The third kappa shape index (κ3) is 2.14. The largest absolute Gasteiger partial charge is 0.380 e. The number of aromatic amines is 1. The summed E-state index contributed by atoms with van der Waals surface area (Å²) in [6, 6.07) is 8.29. The number of aromatic nitrogens is 3. The number of nitrogens with zero attached hydrogens (tertiary/aromatic N) is 2. The van der Waals surface area contributed by atoms with E-state index < -0.39 is 0 Å². The first-order valence-electron chi connectivity index (χ1n) is 5.40. The molecule has 5 heteroatoms. The van der Waals surface area contributed by atoms with E-state index in [1.807, 2.05) is 13.1 Å². The van der Waals surface area contributed by atoms with Crippen molar-refractivity contribution < 1.29 is 0 Å². The predicted molar refractivity (Wildman–Crippen MR) is 70.3 cm³/mol. The molecular formula is C12H12N4S. The summed E-state index contributed by atoms with van der Waals surface area (Å²) in [5, 5.41) is 11.5. The minimum Gasteiger partial charge on any atom is -0.380 e. The molecule has 0 radical (unpaired) electrons. The maximum absolute atomic E-state index is 4.26. The van der Waals surface area contributed by atoms with E-state index in [4.69, 9.17) is 0 Å². The number of hydrogen-bond donors (Lipinski definition) is 2. The topological polar surface area (TPSA) is 53.6 Å². The molecule has 1 aromatic carbocycles. The van der Waals surface area contributed by atoms with Crippen molar-refractivity contribution in [3.8, 4) is 0 Å². The third-order valence-electron chi connectivity index (χ3n) is 2.59. The molecule has 0 amide bonds. The average Bonchev–Trinajstić information content (AvgIpc) is 2.94. The summed E-state index contributed by atoms with van der Waals surface area (Å²) in [7, 11) is 0. The van der Waals surface area contributed by atoms with E-state index >= 15 is 0 Å². The molecule has 0 aliphatic heterocycles. The normalized spacial score (nSPS) is 10.9. The van der Waals surface area contributed by atoms with Crippen molar-refractivity contribution in [3.63, 3.8) is 0 Å². The van der Waals surface area contributed by atoms with Crippen molar-refractivity contribution in [1.29, 1.82) is 0 Å². The van der Waals surface area contributed by atoms with Gasteiger partial charge in [-0.2, -0.15) is 9.47 Å². The monoisotopic (exact) mass is 244 g/mol. The molecule has 0 aliphatic carbocycles. The van der Waals surface area contributed by atoms with Crippen LogP contribution in [-0.2, 0) is 6.54 Å². The molecule has 0 atom stereocenters. The number of rotatable bonds is 3. The molecule has 4 nitrogen and oxygen atoms in total. The highest BCUT2D eigenvalue weighted by Crippen LogP contribution is 2.18. The third-order valence-corrected chi connectivity index (χ3v) is 3.46. The van der Waals surface area contributed by atoms with Crippen molar-refractivity contribution in [1.82, 2.24) is 14.6 Å². The van der Waals surface area contributed by atoms with Crippen molar-refractivity contribution in [2.75, 3.05) is 5.32 Å². The fourth-order valence-electron chi connectivity index (χ4n) is 1.74. The SMILES string of the molecule is Cc1cc(CNc2ccc3cn[nH]c3c2)sn1. The Bertz CT molecular complexity index is 641. The number of fused-ring (bicyclic) bond motifs is 1. The highest BCUT2D eigenvalue weighted by Gasteiger charge is 2.00. The summed E-state index contributed by atoms with van der Waals surface area (Å²) in [6.45, 7) is 2.82. The number of H-pyrrole nitrogens is 1. The van der Waals surface area contributed by atoms with Gasteiger partial charge in [-0.05, 0) is 42.7 Å². The molecule has 2 N–H and O–H groups in total. The van der Waals surface area contributed by atoms with E-state index in [0.29, 0.717) is 0 Å².